The molecular weight excluding hydrogens is 292 g/mol. The van der Waals surface area contributed by atoms with Gasteiger partial charge in [0.1, 0.15) is 0 Å². The zero-order valence-electron chi connectivity index (χ0n) is 7.99. The molecule has 0 spiro atoms. The zero-order chi connectivity index (χ0) is 10.7. The van der Waals surface area contributed by atoms with Crippen molar-refractivity contribution in [2.45, 2.75) is 11.2 Å². The molecule has 0 saturated carbocycles. The number of hydrogen-bond donors (Lipinski definition) is 0. The van der Waals surface area contributed by atoms with Crippen molar-refractivity contribution in [2.75, 3.05) is 0 Å². The van der Waals surface area contributed by atoms with Crippen molar-refractivity contribution in [2.24, 2.45) is 0 Å². The first kappa shape index (κ1) is 11.2. The molecule has 2 aromatic rings. The smallest absolute Gasteiger partial charge is 0.0444 e. The molecule has 1 aromatic carbocycles. The highest BCUT2D eigenvalue weighted by Crippen LogP contribution is 2.29. The van der Waals surface area contributed by atoms with Gasteiger partial charge in [-0.05, 0) is 35.6 Å². The van der Waals surface area contributed by atoms with Crippen LogP contribution in [0.5, 0.6) is 0 Å². The molecule has 0 fully saturated rings. The predicted molar refractivity (Wildman–Crippen MR) is 71.1 cm³/mol. The molecule has 15 heavy (non-hydrogen) atoms. The van der Waals surface area contributed by atoms with Crippen LogP contribution in [0.15, 0.2) is 41.8 Å². The highest BCUT2D eigenvalue weighted by atomic mass is 79.9. The van der Waals surface area contributed by atoms with Gasteiger partial charge in [0.25, 0.3) is 0 Å². The molecule has 0 aliphatic carbocycles. The lowest BCUT2D eigenvalue weighted by atomic mass is 10.1. The van der Waals surface area contributed by atoms with E-state index in [-0.39, 0.29) is 0 Å². The van der Waals surface area contributed by atoms with Crippen molar-refractivity contribution in [3.8, 4) is 0 Å². The summed E-state index contributed by atoms with van der Waals surface area (Å²) >= 11 is 11.4. The fourth-order valence-corrected chi connectivity index (χ4v) is 3.22. The van der Waals surface area contributed by atoms with Gasteiger partial charge in [-0.2, -0.15) is 0 Å². The number of hydrogen-bond acceptors (Lipinski definition) is 1. The van der Waals surface area contributed by atoms with Crippen molar-refractivity contribution in [3.63, 3.8) is 0 Å². The van der Waals surface area contributed by atoms with Crippen LogP contribution in [0.3, 0.4) is 0 Å². The average Bonchev–Trinajstić information content (AvgIpc) is 2.70. The van der Waals surface area contributed by atoms with Crippen LogP contribution in [-0.4, -0.2) is 0 Å². The van der Waals surface area contributed by atoms with Gasteiger partial charge in [0, 0.05) is 14.7 Å². The molecule has 1 unspecified atom stereocenters. The Balaban J connectivity index is 2.11. The number of alkyl halides is 1. The van der Waals surface area contributed by atoms with E-state index in [0.29, 0.717) is 4.83 Å². The van der Waals surface area contributed by atoms with Gasteiger partial charge in [-0.15, -0.1) is 11.3 Å². The minimum atomic E-state index is 0.342. The Morgan fingerprint density at radius 2 is 2.13 bits per heavy atom. The summed E-state index contributed by atoms with van der Waals surface area (Å²) < 4.78 is 0. The minimum Gasteiger partial charge on any atom is -0.149 e. The standard InChI is InChI=1S/C12H10BrClS/c13-12(8-11-5-2-6-15-11)9-3-1-4-10(14)7-9/h1-7,12H,8H2. The fraction of sp³-hybridized carbons (Fsp3) is 0.167. The Hall–Kier alpha value is -0.310. The third-order valence-corrected chi connectivity index (χ3v) is 4.16. The van der Waals surface area contributed by atoms with E-state index in [9.17, 15) is 0 Å². The first-order valence-corrected chi connectivity index (χ1v) is 6.85. The molecule has 1 aromatic heterocycles. The van der Waals surface area contributed by atoms with Crippen molar-refractivity contribution in [3.05, 3.63) is 57.2 Å². The summed E-state index contributed by atoms with van der Waals surface area (Å²) in [7, 11) is 0. The van der Waals surface area contributed by atoms with Gasteiger partial charge < -0.3 is 0 Å². The normalized spacial score (nSPS) is 12.7. The monoisotopic (exact) mass is 300 g/mol. The maximum absolute atomic E-state index is 5.95. The minimum absolute atomic E-state index is 0.342. The maximum Gasteiger partial charge on any atom is 0.0444 e. The second kappa shape index (κ2) is 5.15. The molecule has 0 nitrogen and oxygen atoms in total. The molecule has 3 heteroatoms. The van der Waals surface area contributed by atoms with E-state index in [1.54, 1.807) is 11.3 Å². The number of rotatable bonds is 3. The molecule has 0 amide bonds. The van der Waals surface area contributed by atoms with E-state index in [1.807, 2.05) is 18.2 Å². The van der Waals surface area contributed by atoms with E-state index < -0.39 is 0 Å². The molecule has 0 aliphatic heterocycles. The van der Waals surface area contributed by atoms with E-state index >= 15 is 0 Å². The third kappa shape index (κ3) is 3.07. The van der Waals surface area contributed by atoms with E-state index in [2.05, 4.69) is 39.5 Å². The van der Waals surface area contributed by atoms with Gasteiger partial charge >= 0.3 is 0 Å². The summed E-state index contributed by atoms with van der Waals surface area (Å²) in [4.78, 5) is 1.73. The van der Waals surface area contributed by atoms with Crippen molar-refractivity contribution < 1.29 is 0 Å². The molecule has 78 valence electrons. The van der Waals surface area contributed by atoms with Gasteiger partial charge in [-0.3, -0.25) is 0 Å². The van der Waals surface area contributed by atoms with Crippen LogP contribution in [0.25, 0.3) is 0 Å². The van der Waals surface area contributed by atoms with Crippen molar-refractivity contribution >= 4 is 38.9 Å². The van der Waals surface area contributed by atoms with Crippen LogP contribution in [0.1, 0.15) is 15.3 Å². The summed E-state index contributed by atoms with van der Waals surface area (Å²) in [5, 5.41) is 2.90. The first-order chi connectivity index (χ1) is 7.25. The first-order valence-electron chi connectivity index (χ1n) is 4.67. The van der Waals surface area contributed by atoms with Gasteiger partial charge in [-0.25, -0.2) is 0 Å². The number of thiophene rings is 1. The summed E-state index contributed by atoms with van der Waals surface area (Å²) in [5.74, 6) is 0. The predicted octanol–water partition coefficient (Wildman–Crippen LogP) is 5.08. The second-order valence-corrected chi connectivity index (χ2v) is 5.88. The van der Waals surface area contributed by atoms with Crippen LogP contribution in [0, 0.1) is 0 Å². The van der Waals surface area contributed by atoms with E-state index in [4.69, 9.17) is 11.6 Å². The molecule has 0 aliphatic rings. The molecule has 1 heterocycles. The fourth-order valence-electron chi connectivity index (χ4n) is 1.42. The van der Waals surface area contributed by atoms with Gasteiger partial charge in [0.05, 0.1) is 0 Å². The van der Waals surface area contributed by atoms with Crippen LogP contribution >= 0.6 is 38.9 Å². The summed E-state index contributed by atoms with van der Waals surface area (Å²) in [6.07, 6.45) is 1.01. The molecule has 1 atom stereocenters. The molecule has 0 radical (unpaired) electrons. The molecule has 0 bridgehead atoms. The lowest BCUT2D eigenvalue weighted by Crippen LogP contribution is -1.92. The van der Waals surface area contributed by atoms with E-state index in [0.717, 1.165) is 11.4 Å². The Kier molecular flexibility index (Phi) is 3.84. The van der Waals surface area contributed by atoms with Crippen molar-refractivity contribution in [1.82, 2.24) is 0 Å². The second-order valence-electron chi connectivity index (χ2n) is 3.31. The third-order valence-electron chi connectivity index (χ3n) is 2.17. The molecule has 0 saturated heterocycles. The lowest BCUT2D eigenvalue weighted by molar-refractivity contribution is 0.969. The molecule has 2 rings (SSSR count). The van der Waals surface area contributed by atoms with Crippen LogP contribution in [0.2, 0.25) is 5.02 Å². The zero-order valence-corrected chi connectivity index (χ0v) is 11.1. The number of benzene rings is 1. The topological polar surface area (TPSA) is 0 Å². The highest BCUT2D eigenvalue weighted by molar-refractivity contribution is 9.09. The summed E-state index contributed by atoms with van der Waals surface area (Å²) in [6, 6.07) is 12.2. The van der Waals surface area contributed by atoms with E-state index in [1.165, 1.54) is 10.4 Å². The summed E-state index contributed by atoms with van der Waals surface area (Å²) in [6.45, 7) is 0. The SMILES string of the molecule is Clc1cccc(C(Br)Cc2cccs2)c1. The lowest BCUT2D eigenvalue weighted by Gasteiger charge is -2.08. The Labute approximate surface area is 107 Å². The Morgan fingerprint density at radius 3 is 2.80 bits per heavy atom. The summed E-state index contributed by atoms with van der Waals surface area (Å²) in [5.41, 5.74) is 1.23. The van der Waals surface area contributed by atoms with Crippen molar-refractivity contribution in [1.29, 1.82) is 0 Å². The largest absolute Gasteiger partial charge is 0.149 e. The van der Waals surface area contributed by atoms with Crippen LogP contribution in [0.4, 0.5) is 0 Å². The Bertz CT molecular complexity index is 425. The number of halogens is 2. The van der Waals surface area contributed by atoms with Crippen LogP contribution < -0.4 is 0 Å². The van der Waals surface area contributed by atoms with Crippen LogP contribution in [-0.2, 0) is 6.42 Å². The quantitative estimate of drug-likeness (QED) is 0.694. The highest BCUT2D eigenvalue weighted by Gasteiger charge is 2.09. The average molecular weight is 302 g/mol. The maximum atomic E-state index is 5.95. The van der Waals surface area contributed by atoms with Gasteiger partial charge in [0.15, 0.2) is 0 Å². The Morgan fingerprint density at radius 1 is 1.27 bits per heavy atom. The van der Waals surface area contributed by atoms with Gasteiger partial charge in [-0.1, -0.05) is 45.7 Å². The molecular formula is C12H10BrClS. The van der Waals surface area contributed by atoms with Gasteiger partial charge in [0.2, 0.25) is 0 Å². The molecule has 0 N–H and O–H groups in total.